The van der Waals surface area contributed by atoms with Gasteiger partial charge in [0, 0.05) is 25.2 Å². The first-order valence-electron chi connectivity index (χ1n) is 9.96. The first-order valence-corrected chi connectivity index (χ1v) is 11.8. The molecule has 0 unspecified atom stereocenters. The Bertz CT molecular complexity index is 1150. The van der Waals surface area contributed by atoms with Crippen LogP contribution in [0, 0.1) is 3.57 Å². The van der Waals surface area contributed by atoms with E-state index in [0.29, 0.717) is 3.57 Å². The number of hydrogen-bond donors (Lipinski definition) is 6. The summed E-state index contributed by atoms with van der Waals surface area (Å²) in [7, 11) is 0. The molecule has 2 aliphatic rings. The van der Waals surface area contributed by atoms with Gasteiger partial charge in [0.05, 0.1) is 33.5 Å². The Balaban J connectivity index is 0.000000191. The van der Waals surface area contributed by atoms with Gasteiger partial charge in [-0.3, -0.25) is 28.7 Å². The molecule has 2 aromatic rings. The van der Waals surface area contributed by atoms with Crippen LogP contribution in [-0.4, -0.2) is 77.2 Å². The van der Waals surface area contributed by atoms with E-state index in [4.69, 9.17) is 19.7 Å². The van der Waals surface area contributed by atoms with Gasteiger partial charge >= 0.3 is 11.4 Å². The molecule has 0 amide bonds. The molecule has 14 nitrogen and oxygen atoms in total. The Morgan fingerprint density at radius 1 is 0.882 bits per heavy atom. The van der Waals surface area contributed by atoms with Gasteiger partial charge < -0.3 is 29.9 Å². The fraction of sp³-hybridized carbons (Fsp3) is 0.556. The standard InChI is InChI=1S/C9H11BrN2O5.C9H11IN2O5/c2*10-4-2-12(9(16)11-8(4)15)7-1-5(14)6(3-13)17-7/h2*2,5-7,13-14H,1,3H2,(H,11,15,16)/t2*5-,6+,7+/m00/s1. The number of halogens is 2. The normalized spacial score (nSPS) is 28.5. The van der Waals surface area contributed by atoms with Crippen molar-refractivity contribution >= 4 is 38.5 Å². The molecule has 0 bridgehead atoms. The van der Waals surface area contributed by atoms with Gasteiger partial charge in [-0.05, 0) is 38.5 Å². The van der Waals surface area contributed by atoms with E-state index in [1.54, 1.807) is 22.6 Å². The van der Waals surface area contributed by atoms with Crippen LogP contribution >= 0.6 is 38.5 Å². The molecule has 6 atom stereocenters. The SMILES string of the molecule is O=c1[nH]c(=O)n([C@H]2C[C@H](O)[C@@H](CO)O2)cc1Br.O=c1[nH]c(=O)n([C@H]2C[C@H](O)[C@@H](CO)O2)cc1I. The zero-order valence-corrected chi connectivity index (χ0v) is 21.1. The van der Waals surface area contributed by atoms with Gasteiger partial charge in [0.25, 0.3) is 11.1 Å². The molecule has 4 rings (SSSR count). The number of nitrogens with one attached hydrogen (secondary N) is 2. The van der Waals surface area contributed by atoms with Crippen LogP contribution in [-0.2, 0) is 9.47 Å². The minimum Gasteiger partial charge on any atom is -0.394 e. The van der Waals surface area contributed by atoms with Gasteiger partial charge in [0.15, 0.2) is 0 Å². The lowest BCUT2D eigenvalue weighted by molar-refractivity contribution is -0.0459. The molecule has 2 fully saturated rings. The third-order valence-corrected chi connectivity index (χ3v) is 6.57. The Labute approximate surface area is 212 Å². The van der Waals surface area contributed by atoms with Gasteiger partial charge in [-0.15, -0.1) is 0 Å². The summed E-state index contributed by atoms with van der Waals surface area (Å²) >= 11 is 4.81. The van der Waals surface area contributed by atoms with Crippen molar-refractivity contribution in [2.75, 3.05) is 13.2 Å². The number of H-pyrrole nitrogens is 2. The Kier molecular flexibility index (Phi) is 9.01. The fourth-order valence-corrected chi connectivity index (χ4v) is 4.20. The summed E-state index contributed by atoms with van der Waals surface area (Å²) in [5.74, 6) is 0. The molecule has 188 valence electrons. The summed E-state index contributed by atoms with van der Waals surface area (Å²) < 4.78 is 13.6. The second-order valence-electron chi connectivity index (χ2n) is 7.52. The van der Waals surface area contributed by atoms with E-state index in [-0.39, 0.29) is 30.5 Å². The number of aromatic nitrogens is 4. The van der Waals surface area contributed by atoms with E-state index < -0.39 is 59.4 Å². The predicted octanol–water partition coefficient (Wildman–Crippen LogP) is -2.28. The Morgan fingerprint density at radius 3 is 1.76 bits per heavy atom. The van der Waals surface area contributed by atoms with Gasteiger partial charge in [-0.1, -0.05) is 0 Å². The van der Waals surface area contributed by atoms with E-state index >= 15 is 0 Å². The van der Waals surface area contributed by atoms with Crippen LogP contribution in [0.25, 0.3) is 0 Å². The number of nitrogens with zero attached hydrogens (tertiary/aromatic N) is 2. The summed E-state index contributed by atoms with van der Waals surface area (Å²) in [4.78, 5) is 49.7. The predicted molar refractivity (Wildman–Crippen MR) is 126 cm³/mol. The number of aliphatic hydroxyl groups excluding tert-OH is 4. The highest BCUT2D eigenvalue weighted by atomic mass is 127. The Morgan fingerprint density at radius 2 is 1.32 bits per heavy atom. The van der Waals surface area contributed by atoms with Crippen LogP contribution in [0.3, 0.4) is 0 Å². The summed E-state index contributed by atoms with van der Waals surface area (Å²) in [6, 6.07) is 0. The van der Waals surface area contributed by atoms with Crippen LogP contribution in [0.2, 0.25) is 0 Å². The molecule has 6 N–H and O–H groups in total. The van der Waals surface area contributed by atoms with E-state index in [1.165, 1.54) is 21.5 Å². The van der Waals surface area contributed by atoms with Gasteiger partial charge in [-0.25, -0.2) is 9.59 Å². The topological polar surface area (TPSA) is 209 Å². The maximum atomic E-state index is 11.6. The second kappa shape index (κ2) is 11.4. The summed E-state index contributed by atoms with van der Waals surface area (Å²) in [5, 5.41) is 37.0. The van der Waals surface area contributed by atoms with Crippen molar-refractivity contribution in [3.63, 3.8) is 0 Å². The van der Waals surface area contributed by atoms with Crippen LogP contribution < -0.4 is 22.5 Å². The van der Waals surface area contributed by atoms with Crippen molar-refractivity contribution in [1.29, 1.82) is 0 Å². The average molecular weight is 661 g/mol. The lowest BCUT2D eigenvalue weighted by Gasteiger charge is -2.14. The highest BCUT2D eigenvalue weighted by Crippen LogP contribution is 2.28. The van der Waals surface area contributed by atoms with Crippen LogP contribution in [0.5, 0.6) is 0 Å². The quantitative estimate of drug-likeness (QED) is 0.194. The minimum atomic E-state index is -0.831. The Hall–Kier alpha value is -1.67. The van der Waals surface area contributed by atoms with Crippen molar-refractivity contribution in [2.24, 2.45) is 0 Å². The van der Waals surface area contributed by atoms with Gasteiger partial charge in [-0.2, -0.15) is 0 Å². The molecular weight excluding hydrogens is 639 g/mol. The van der Waals surface area contributed by atoms with Crippen LogP contribution in [0.1, 0.15) is 25.3 Å². The molecule has 2 aliphatic heterocycles. The van der Waals surface area contributed by atoms with Crippen molar-refractivity contribution in [1.82, 2.24) is 19.1 Å². The maximum absolute atomic E-state index is 11.6. The lowest BCUT2D eigenvalue weighted by atomic mass is 10.2. The average Bonchev–Trinajstić information content (AvgIpc) is 3.35. The molecule has 0 aliphatic carbocycles. The molecule has 2 saturated heterocycles. The van der Waals surface area contributed by atoms with Crippen molar-refractivity contribution < 1.29 is 29.9 Å². The largest absolute Gasteiger partial charge is 0.394 e. The van der Waals surface area contributed by atoms with Crippen molar-refractivity contribution in [2.45, 2.75) is 49.7 Å². The minimum absolute atomic E-state index is 0.184. The number of hydrogen-bond acceptors (Lipinski definition) is 10. The van der Waals surface area contributed by atoms with E-state index in [2.05, 4.69) is 25.9 Å². The molecule has 0 spiro atoms. The number of rotatable bonds is 4. The fourth-order valence-electron chi connectivity index (χ4n) is 3.45. The molecule has 0 aromatic carbocycles. The maximum Gasteiger partial charge on any atom is 0.330 e. The molecule has 4 heterocycles. The first kappa shape index (κ1) is 26.9. The lowest BCUT2D eigenvalue weighted by Crippen LogP contribution is -2.33. The first-order chi connectivity index (χ1) is 16.0. The zero-order valence-electron chi connectivity index (χ0n) is 17.3. The number of aliphatic hydroxyl groups is 4. The summed E-state index contributed by atoms with van der Waals surface area (Å²) in [6.07, 6.45) is -1.35. The number of ether oxygens (including phenoxy) is 2. The van der Waals surface area contributed by atoms with Gasteiger partial charge in [0.2, 0.25) is 0 Å². The third-order valence-electron chi connectivity index (χ3n) is 5.24. The second-order valence-corrected chi connectivity index (χ2v) is 9.53. The van der Waals surface area contributed by atoms with Gasteiger partial charge in [0.1, 0.15) is 24.7 Å². The van der Waals surface area contributed by atoms with Crippen molar-refractivity contribution in [3.05, 3.63) is 62.1 Å². The molecule has 0 radical (unpaired) electrons. The van der Waals surface area contributed by atoms with E-state index in [9.17, 15) is 29.4 Å². The van der Waals surface area contributed by atoms with Crippen LogP contribution in [0.4, 0.5) is 0 Å². The molecule has 2 aromatic heterocycles. The van der Waals surface area contributed by atoms with Crippen molar-refractivity contribution in [3.8, 4) is 0 Å². The molecule has 16 heteroatoms. The highest BCUT2D eigenvalue weighted by Gasteiger charge is 2.36. The molecule has 0 saturated carbocycles. The summed E-state index contributed by atoms with van der Waals surface area (Å²) in [6.45, 7) is -0.635. The zero-order chi connectivity index (χ0) is 25.2. The van der Waals surface area contributed by atoms with E-state index in [0.717, 1.165) is 0 Å². The monoisotopic (exact) mass is 660 g/mol. The smallest absolute Gasteiger partial charge is 0.330 e. The van der Waals surface area contributed by atoms with Crippen LogP contribution in [0.15, 0.2) is 36.0 Å². The third kappa shape index (κ3) is 5.93. The summed E-state index contributed by atoms with van der Waals surface area (Å²) in [5.41, 5.74) is -2.19. The van der Waals surface area contributed by atoms with E-state index in [1.807, 2.05) is 0 Å². The number of aromatic amines is 2. The molecule has 34 heavy (non-hydrogen) atoms. The highest BCUT2D eigenvalue weighted by molar-refractivity contribution is 14.1. The molecular formula is C18H22BrIN4O10.